The molecule has 0 unspecified atom stereocenters. The summed E-state index contributed by atoms with van der Waals surface area (Å²) in [7, 11) is 9.22. The monoisotopic (exact) mass is 396 g/mol. The quantitative estimate of drug-likeness (QED) is 0.525. The number of nitrogens with zero attached hydrogens (tertiary/aromatic N) is 5. The molecule has 0 spiro atoms. The molecule has 4 aromatic rings. The van der Waals surface area contributed by atoms with E-state index < -0.39 is 0 Å². The average molecular weight is 396 g/mol. The molecule has 2 radical (unpaired) electrons. The van der Waals surface area contributed by atoms with E-state index in [1.54, 1.807) is 62.8 Å². The van der Waals surface area contributed by atoms with Crippen molar-refractivity contribution in [3.05, 3.63) is 60.3 Å². The van der Waals surface area contributed by atoms with Gasteiger partial charge in [0.1, 0.15) is 7.85 Å². The largest absolute Gasteiger partial charge is 0.414 e. The molecular weight excluding hydrogens is 379 g/mol. The number of carbonyl (C=O) groups is 1. The van der Waals surface area contributed by atoms with E-state index in [9.17, 15) is 4.79 Å². The van der Waals surface area contributed by atoms with Gasteiger partial charge < -0.3 is 15.1 Å². The lowest BCUT2D eigenvalue weighted by Crippen LogP contribution is -2.21. The van der Waals surface area contributed by atoms with E-state index in [0.717, 1.165) is 5.56 Å². The predicted octanol–water partition coefficient (Wildman–Crippen LogP) is 1.94. The van der Waals surface area contributed by atoms with Gasteiger partial charge in [0.15, 0.2) is 11.5 Å². The minimum Gasteiger partial charge on any atom is -0.414 e. The number of anilines is 1. The Morgan fingerprint density at radius 3 is 2.47 bits per heavy atom. The fraction of sp³-hybridized carbons (Fsp3) is 0.0952. The number of hydrogen-bond acceptors (Lipinski definition) is 7. The van der Waals surface area contributed by atoms with Crippen molar-refractivity contribution in [2.75, 3.05) is 19.8 Å². The van der Waals surface area contributed by atoms with Crippen LogP contribution in [0.4, 0.5) is 5.82 Å². The summed E-state index contributed by atoms with van der Waals surface area (Å²) in [6.07, 6.45) is 1.55. The van der Waals surface area contributed by atoms with Crippen molar-refractivity contribution in [3.8, 4) is 34.3 Å². The molecule has 8 nitrogen and oxygen atoms in total. The third kappa shape index (κ3) is 3.77. The molecule has 30 heavy (non-hydrogen) atoms. The maximum atomic E-state index is 12.1. The van der Waals surface area contributed by atoms with Crippen molar-refractivity contribution >= 4 is 25.0 Å². The van der Waals surface area contributed by atoms with Crippen LogP contribution in [0.3, 0.4) is 0 Å². The molecule has 4 rings (SSSR count). The highest BCUT2D eigenvalue weighted by atomic mass is 16.4. The SMILES string of the molecule is [B]c1cccc(-c2nnc(-c3nc(-c4ccc(C(=O)N(C)C)cc4)cnc3N)o2)c1. The highest BCUT2D eigenvalue weighted by Gasteiger charge is 2.17. The van der Waals surface area contributed by atoms with Crippen molar-refractivity contribution in [2.24, 2.45) is 0 Å². The summed E-state index contributed by atoms with van der Waals surface area (Å²) in [5.74, 6) is 0.542. The smallest absolute Gasteiger partial charge is 0.270 e. The number of nitrogen functional groups attached to an aromatic ring is 1. The molecule has 2 heterocycles. The van der Waals surface area contributed by atoms with Gasteiger partial charge in [-0.05, 0) is 18.2 Å². The van der Waals surface area contributed by atoms with Crippen LogP contribution in [0.1, 0.15) is 10.4 Å². The molecular formula is C21H17BN6O2. The lowest BCUT2D eigenvalue weighted by atomic mass is 9.94. The van der Waals surface area contributed by atoms with E-state index in [1.807, 2.05) is 6.07 Å². The van der Waals surface area contributed by atoms with Crippen molar-refractivity contribution in [3.63, 3.8) is 0 Å². The second kappa shape index (κ2) is 7.78. The first-order valence-corrected chi connectivity index (χ1v) is 9.07. The van der Waals surface area contributed by atoms with E-state index in [1.165, 1.54) is 4.90 Å². The fourth-order valence-electron chi connectivity index (χ4n) is 2.84. The van der Waals surface area contributed by atoms with E-state index in [4.69, 9.17) is 18.0 Å². The first kappa shape index (κ1) is 19.3. The van der Waals surface area contributed by atoms with Crippen molar-refractivity contribution in [2.45, 2.75) is 0 Å². The number of amides is 1. The van der Waals surface area contributed by atoms with Crippen molar-refractivity contribution in [1.29, 1.82) is 0 Å². The van der Waals surface area contributed by atoms with E-state index in [2.05, 4.69) is 20.2 Å². The third-order valence-electron chi connectivity index (χ3n) is 4.40. The Balaban J connectivity index is 1.67. The molecule has 0 atom stereocenters. The number of aromatic nitrogens is 4. The molecule has 2 N–H and O–H groups in total. The number of rotatable bonds is 4. The minimum atomic E-state index is -0.0782. The normalized spacial score (nSPS) is 10.7. The topological polar surface area (TPSA) is 111 Å². The van der Waals surface area contributed by atoms with Gasteiger partial charge in [0.05, 0.1) is 11.9 Å². The highest BCUT2D eigenvalue weighted by molar-refractivity contribution is 6.32. The van der Waals surface area contributed by atoms with Gasteiger partial charge in [-0.25, -0.2) is 9.97 Å². The number of carbonyl (C=O) groups excluding carboxylic acids is 1. The molecule has 0 aliphatic carbocycles. The molecule has 0 bridgehead atoms. The van der Waals surface area contributed by atoms with Gasteiger partial charge in [0, 0.05) is 30.8 Å². The molecule has 2 aromatic carbocycles. The van der Waals surface area contributed by atoms with Gasteiger partial charge in [0.2, 0.25) is 5.89 Å². The van der Waals surface area contributed by atoms with E-state index in [0.29, 0.717) is 28.2 Å². The maximum Gasteiger partial charge on any atom is 0.270 e. The van der Waals surface area contributed by atoms with E-state index >= 15 is 0 Å². The van der Waals surface area contributed by atoms with E-state index in [-0.39, 0.29) is 23.3 Å². The molecule has 0 saturated heterocycles. The van der Waals surface area contributed by atoms with Crippen LogP contribution in [0.5, 0.6) is 0 Å². The third-order valence-corrected chi connectivity index (χ3v) is 4.40. The first-order valence-electron chi connectivity index (χ1n) is 9.07. The first-order chi connectivity index (χ1) is 14.4. The lowest BCUT2D eigenvalue weighted by Gasteiger charge is -2.10. The summed E-state index contributed by atoms with van der Waals surface area (Å²) in [5.41, 5.74) is 9.47. The molecule has 2 aromatic heterocycles. The minimum absolute atomic E-state index is 0.0782. The Kier molecular flexibility index (Phi) is 5.01. The molecule has 9 heteroatoms. The number of hydrogen-bond donors (Lipinski definition) is 1. The highest BCUT2D eigenvalue weighted by Crippen LogP contribution is 2.27. The van der Waals surface area contributed by atoms with Crippen LogP contribution in [-0.2, 0) is 0 Å². The Labute approximate surface area is 174 Å². The van der Waals surface area contributed by atoms with Gasteiger partial charge >= 0.3 is 0 Å². The van der Waals surface area contributed by atoms with Crippen LogP contribution in [0.15, 0.2) is 59.1 Å². The zero-order valence-electron chi connectivity index (χ0n) is 16.4. The van der Waals surface area contributed by atoms with Crippen LogP contribution in [0.25, 0.3) is 34.3 Å². The van der Waals surface area contributed by atoms with Gasteiger partial charge in [-0.1, -0.05) is 35.8 Å². The van der Waals surface area contributed by atoms with Gasteiger partial charge in [-0.15, -0.1) is 10.2 Å². The van der Waals surface area contributed by atoms with Crippen LogP contribution in [0, 0.1) is 0 Å². The second-order valence-electron chi connectivity index (χ2n) is 6.80. The van der Waals surface area contributed by atoms with Gasteiger partial charge in [0.25, 0.3) is 11.8 Å². The summed E-state index contributed by atoms with van der Waals surface area (Å²) >= 11 is 0. The number of nitrogens with two attached hydrogens (primary N) is 1. The van der Waals surface area contributed by atoms with Crippen molar-refractivity contribution in [1.82, 2.24) is 25.1 Å². The van der Waals surface area contributed by atoms with Gasteiger partial charge in [-0.3, -0.25) is 4.79 Å². The summed E-state index contributed by atoms with van der Waals surface area (Å²) in [6, 6.07) is 14.2. The van der Waals surface area contributed by atoms with Crippen LogP contribution >= 0.6 is 0 Å². The Bertz CT molecular complexity index is 1220. The molecule has 0 saturated carbocycles. The standard InChI is InChI=1S/C21H17BN6O2/c1-28(2)21(29)13-8-6-12(7-9-13)16-11-24-18(23)17(25-16)20-27-26-19(30-20)14-4-3-5-15(22)10-14/h3-11H,1-2H3,(H2,23,24). The number of benzene rings is 2. The molecule has 0 aliphatic heterocycles. The molecule has 1 amide bonds. The summed E-state index contributed by atoms with van der Waals surface area (Å²) in [5, 5.41) is 8.11. The molecule has 146 valence electrons. The average Bonchev–Trinajstić information content (AvgIpc) is 3.24. The zero-order chi connectivity index (χ0) is 21.3. The summed E-state index contributed by atoms with van der Waals surface area (Å²) in [4.78, 5) is 22.3. The Morgan fingerprint density at radius 1 is 1.03 bits per heavy atom. The predicted molar refractivity (Wildman–Crippen MR) is 114 cm³/mol. The van der Waals surface area contributed by atoms with Gasteiger partial charge in [-0.2, -0.15) is 0 Å². The lowest BCUT2D eigenvalue weighted by molar-refractivity contribution is 0.0827. The van der Waals surface area contributed by atoms with Crippen LogP contribution in [-0.4, -0.2) is 52.9 Å². The second-order valence-corrected chi connectivity index (χ2v) is 6.80. The summed E-state index contributed by atoms with van der Waals surface area (Å²) < 4.78 is 5.75. The Morgan fingerprint density at radius 2 is 1.77 bits per heavy atom. The van der Waals surface area contributed by atoms with Crippen LogP contribution in [0.2, 0.25) is 0 Å². The Hall–Kier alpha value is -4.01. The molecule has 0 aliphatic rings. The van der Waals surface area contributed by atoms with Crippen LogP contribution < -0.4 is 11.2 Å². The van der Waals surface area contributed by atoms with Crippen molar-refractivity contribution < 1.29 is 9.21 Å². The fourth-order valence-corrected chi connectivity index (χ4v) is 2.84. The zero-order valence-corrected chi connectivity index (χ0v) is 16.4. The summed E-state index contributed by atoms with van der Waals surface area (Å²) in [6.45, 7) is 0. The molecule has 0 fully saturated rings. The maximum absolute atomic E-state index is 12.1.